The summed E-state index contributed by atoms with van der Waals surface area (Å²) in [6.07, 6.45) is 0.475. The third-order valence-electron chi connectivity index (χ3n) is 6.61. The van der Waals surface area contributed by atoms with Crippen molar-refractivity contribution in [2.45, 2.75) is 39.2 Å². The van der Waals surface area contributed by atoms with Crippen molar-refractivity contribution in [3.05, 3.63) is 83.9 Å². The van der Waals surface area contributed by atoms with E-state index < -0.39 is 51.6 Å². The molecule has 214 valence electrons. The number of amides is 3. The summed E-state index contributed by atoms with van der Waals surface area (Å²) in [5.74, 6) is -5.05. The molecule has 10 nitrogen and oxygen atoms in total. The van der Waals surface area contributed by atoms with E-state index in [-0.39, 0.29) is 25.2 Å². The van der Waals surface area contributed by atoms with Gasteiger partial charge in [-0.05, 0) is 40.7 Å². The van der Waals surface area contributed by atoms with Gasteiger partial charge in [-0.2, -0.15) is 8.42 Å². The highest BCUT2D eigenvalue weighted by Crippen LogP contribution is 2.27. The average Bonchev–Trinajstić information content (AvgIpc) is 2.92. The van der Waals surface area contributed by atoms with Crippen LogP contribution in [0.15, 0.2) is 72.8 Å². The van der Waals surface area contributed by atoms with Crippen LogP contribution in [0.5, 0.6) is 0 Å². The first kappa shape index (κ1) is 30.7. The van der Waals surface area contributed by atoms with Gasteiger partial charge in [0.15, 0.2) is 0 Å². The Labute approximate surface area is 233 Å². The highest BCUT2D eigenvalue weighted by atomic mass is 32.2. The maximum absolute atomic E-state index is 13.7. The summed E-state index contributed by atoms with van der Waals surface area (Å²) in [5, 5.41) is 16.4. The second-order valence-electron chi connectivity index (χ2n) is 10.2. The van der Waals surface area contributed by atoms with Gasteiger partial charge in [-0.15, -0.1) is 0 Å². The lowest BCUT2D eigenvalue weighted by atomic mass is 9.80. The van der Waals surface area contributed by atoms with Crippen molar-refractivity contribution in [1.82, 2.24) is 16.1 Å². The van der Waals surface area contributed by atoms with Crippen LogP contribution in [-0.2, 0) is 37.3 Å². The van der Waals surface area contributed by atoms with Crippen molar-refractivity contribution in [2.75, 3.05) is 5.88 Å². The van der Waals surface area contributed by atoms with Crippen molar-refractivity contribution >= 4 is 38.6 Å². The number of carbonyl (C=O) groups excluding carboxylic acids is 3. The first-order valence-electron chi connectivity index (χ1n) is 13.0. The van der Waals surface area contributed by atoms with Crippen LogP contribution in [-0.4, -0.2) is 47.8 Å². The van der Waals surface area contributed by atoms with E-state index in [9.17, 15) is 28.0 Å². The summed E-state index contributed by atoms with van der Waals surface area (Å²) in [6, 6.07) is 21.1. The molecular formula is C29H35N3O7S. The molecule has 0 bridgehead atoms. The molecule has 0 aliphatic carbocycles. The van der Waals surface area contributed by atoms with Gasteiger partial charge in [0, 0.05) is 6.42 Å². The summed E-state index contributed by atoms with van der Waals surface area (Å²) < 4.78 is 31.5. The monoisotopic (exact) mass is 569 g/mol. The summed E-state index contributed by atoms with van der Waals surface area (Å²) in [4.78, 5) is 39.6. The second kappa shape index (κ2) is 14.0. The number of carbonyl (C=O) groups is 3. The zero-order valence-electron chi connectivity index (χ0n) is 22.4. The molecule has 3 amide bonds. The van der Waals surface area contributed by atoms with Gasteiger partial charge in [-0.1, -0.05) is 86.6 Å². The van der Waals surface area contributed by atoms with E-state index in [0.717, 1.165) is 16.3 Å². The molecule has 0 heterocycles. The van der Waals surface area contributed by atoms with Crippen LogP contribution in [0.3, 0.4) is 0 Å². The van der Waals surface area contributed by atoms with Gasteiger partial charge >= 0.3 is 0 Å². The first-order chi connectivity index (χ1) is 19.0. The molecule has 0 radical (unpaired) electrons. The molecule has 0 aliphatic heterocycles. The van der Waals surface area contributed by atoms with Crippen molar-refractivity contribution in [2.24, 2.45) is 17.8 Å². The summed E-state index contributed by atoms with van der Waals surface area (Å²) >= 11 is 0. The normalized spacial score (nSPS) is 13.8. The lowest BCUT2D eigenvalue weighted by molar-refractivity contribution is -0.141. The molecule has 3 atom stereocenters. The molecule has 0 saturated heterocycles. The Morgan fingerprint density at radius 3 is 2.05 bits per heavy atom. The van der Waals surface area contributed by atoms with Crippen LogP contribution in [0, 0.1) is 17.8 Å². The Balaban J connectivity index is 1.91. The van der Waals surface area contributed by atoms with Crippen LogP contribution >= 0.6 is 0 Å². The smallest absolute Gasteiger partial charge is 0.283 e. The molecular weight excluding hydrogens is 534 g/mol. The van der Waals surface area contributed by atoms with Crippen molar-refractivity contribution in [3.8, 4) is 0 Å². The molecule has 3 unspecified atom stereocenters. The third-order valence-corrected chi connectivity index (χ3v) is 7.12. The molecule has 3 rings (SSSR count). The molecule has 11 heteroatoms. The summed E-state index contributed by atoms with van der Waals surface area (Å²) in [7, 11) is -4.49. The van der Waals surface area contributed by atoms with E-state index in [1.807, 2.05) is 56.3 Å². The maximum atomic E-state index is 13.7. The van der Waals surface area contributed by atoms with Gasteiger partial charge in [0.25, 0.3) is 10.1 Å². The molecule has 40 heavy (non-hydrogen) atoms. The molecule has 0 fully saturated rings. The van der Waals surface area contributed by atoms with E-state index >= 15 is 0 Å². The van der Waals surface area contributed by atoms with E-state index in [0.29, 0.717) is 5.56 Å². The number of hydroxylamine groups is 1. The van der Waals surface area contributed by atoms with E-state index in [4.69, 9.17) is 4.55 Å². The third kappa shape index (κ3) is 9.15. The molecule has 3 aromatic rings. The SMILES string of the molecule is CC(C)CC(C(=O)NC(Cc1ccccc1)C(=O)NCS(=O)(=O)O)C(Cc1ccc2ccccc2c1)C(=O)NO. The topological polar surface area (TPSA) is 162 Å². The largest absolute Gasteiger partial charge is 0.344 e. The van der Waals surface area contributed by atoms with Gasteiger partial charge in [-0.3, -0.25) is 24.1 Å². The van der Waals surface area contributed by atoms with E-state index in [1.54, 1.807) is 35.8 Å². The Bertz CT molecular complexity index is 1430. The summed E-state index contributed by atoms with van der Waals surface area (Å²) in [6.45, 7) is 3.79. The fraction of sp³-hybridized carbons (Fsp3) is 0.345. The van der Waals surface area contributed by atoms with Gasteiger partial charge in [-0.25, -0.2) is 5.48 Å². The molecule has 0 saturated carbocycles. The number of rotatable bonds is 13. The lowest BCUT2D eigenvalue weighted by Gasteiger charge is -2.28. The predicted molar refractivity (Wildman–Crippen MR) is 151 cm³/mol. The number of hydrogen-bond acceptors (Lipinski definition) is 6. The fourth-order valence-electron chi connectivity index (χ4n) is 4.71. The van der Waals surface area contributed by atoms with Crippen molar-refractivity contribution in [1.29, 1.82) is 0 Å². The van der Waals surface area contributed by atoms with Crippen LogP contribution in [0.25, 0.3) is 10.8 Å². The zero-order valence-corrected chi connectivity index (χ0v) is 23.2. The number of fused-ring (bicyclic) bond motifs is 1. The van der Waals surface area contributed by atoms with Gasteiger partial charge in [0.2, 0.25) is 17.7 Å². The minimum absolute atomic E-state index is 0.0118. The zero-order chi connectivity index (χ0) is 29.3. The Hall–Kier alpha value is -3.80. The Morgan fingerprint density at radius 2 is 1.43 bits per heavy atom. The highest BCUT2D eigenvalue weighted by molar-refractivity contribution is 7.85. The average molecular weight is 570 g/mol. The van der Waals surface area contributed by atoms with Crippen LogP contribution in [0.1, 0.15) is 31.4 Å². The van der Waals surface area contributed by atoms with Crippen LogP contribution < -0.4 is 16.1 Å². The standard InChI is InChI=1S/C29H35N3O7S/c1-19(2)14-24(25(28(34)32-36)16-21-12-13-22-10-6-7-11-23(22)15-21)27(33)31-26(17-20-8-4-3-5-9-20)29(35)30-18-40(37,38)39/h3-13,15,19,24-26,36H,14,16-18H2,1-2H3,(H,30,35)(H,31,33)(H,32,34)(H,37,38,39). The Kier molecular flexibility index (Phi) is 10.8. The fourth-order valence-corrected chi connectivity index (χ4v) is 5.03. The predicted octanol–water partition coefficient (Wildman–Crippen LogP) is 2.86. The Morgan fingerprint density at radius 1 is 0.775 bits per heavy atom. The highest BCUT2D eigenvalue weighted by Gasteiger charge is 2.36. The maximum Gasteiger partial charge on any atom is 0.283 e. The number of nitrogens with one attached hydrogen (secondary N) is 3. The van der Waals surface area contributed by atoms with Gasteiger partial charge in [0.05, 0.1) is 11.8 Å². The van der Waals surface area contributed by atoms with Gasteiger partial charge < -0.3 is 10.6 Å². The van der Waals surface area contributed by atoms with E-state index in [2.05, 4.69) is 10.6 Å². The molecule has 0 spiro atoms. The summed E-state index contributed by atoms with van der Waals surface area (Å²) in [5.41, 5.74) is 3.19. The molecule has 5 N–H and O–H groups in total. The number of benzene rings is 3. The quantitative estimate of drug-likeness (QED) is 0.120. The molecule has 0 aliphatic rings. The lowest BCUT2D eigenvalue weighted by Crippen LogP contribution is -2.52. The first-order valence-corrected chi connectivity index (χ1v) is 14.6. The van der Waals surface area contributed by atoms with Crippen LogP contribution in [0.2, 0.25) is 0 Å². The van der Waals surface area contributed by atoms with E-state index in [1.165, 1.54) is 0 Å². The second-order valence-corrected chi connectivity index (χ2v) is 11.7. The van der Waals surface area contributed by atoms with Crippen molar-refractivity contribution < 1.29 is 32.6 Å². The minimum atomic E-state index is -4.49. The minimum Gasteiger partial charge on any atom is -0.344 e. The van der Waals surface area contributed by atoms with Crippen molar-refractivity contribution in [3.63, 3.8) is 0 Å². The van der Waals surface area contributed by atoms with Gasteiger partial charge in [0.1, 0.15) is 11.9 Å². The molecule has 3 aromatic carbocycles. The van der Waals surface area contributed by atoms with Crippen LogP contribution in [0.4, 0.5) is 0 Å². The molecule has 0 aromatic heterocycles. The number of hydrogen-bond donors (Lipinski definition) is 5.